The van der Waals surface area contributed by atoms with E-state index in [1.807, 2.05) is 49.3 Å². The highest BCUT2D eigenvalue weighted by Crippen LogP contribution is 2.26. The van der Waals surface area contributed by atoms with Crippen molar-refractivity contribution in [1.29, 1.82) is 0 Å². The lowest BCUT2D eigenvalue weighted by Crippen LogP contribution is -2.40. The second-order valence-corrected chi connectivity index (χ2v) is 7.15. The van der Waals surface area contributed by atoms with Gasteiger partial charge in [0, 0.05) is 22.6 Å². The van der Waals surface area contributed by atoms with E-state index in [4.69, 9.17) is 16.0 Å². The van der Waals surface area contributed by atoms with Gasteiger partial charge in [-0.15, -0.1) is 0 Å². The van der Waals surface area contributed by atoms with Crippen LogP contribution < -0.4 is 10.6 Å². The summed E-state index contributed by atoms with van der Waals surface area (Å²) in [5.74, 6) is -0.743. The van der Waals surface area contributed by atoms with E-state index in [-0.39, 0.29) is 12.6 Å². The number of likely N-dealkylation sites (N-methyl/N-ethyl adjacent to an activating group) is 1. The summed E-state index contributed by atoms with van der Waals surface area (Å²) in [6.07, 6.45) is 0. The van der Waals surface area contributed by atoms with Gasteiger partial charge in [0.25, 0.3) is 0 Å². The third-order valence-electron chi connectivity index (χ3n) is 4.57. The number of amides is 2. The number of carbonyl (C=O) groups is 2. The van der Waals surface area contributed by atoms with E-state index in [2.05, 4.69) is 10.6 Å². The Hall–Kier alpha value is -2.83. The normalized spacial score (nSPS) is 12.2. The Kier molecular flexibility index (Phi) is 6.02. The quantitative estimate of drug-likeness (QED) is 0.641. The Balaban J connectivity index is 1.67. The molecule has 2 amide bonds. The summed E-state index contributed by atoms with van der Waals surface area (Å²) in [6, 6.07) is 14.6. The van der Waals surface area contributed by atoms with Crippen molar-refractivity contribution in [3.8, 4) is 0 Å². The van der Waals surface area contributed by atoms with Gasteiger partial charge in [-0.3, -0.25) is 14.5 Å². The van der Waals surface area contributed by atoms with Crippen LogP contribution in [0.1, 0.15) is 17.4 Å². The van der Waals surface area contributed by atoms with Gasteiger partial charge in [0.05, 0.1) is 6.04 Å². The molecule has 0 unspecified atom stereocenters. The number of halogens is 1. The summed E-state index contributed by atoms with van der Waals surface area (Å²) in [4.78, 5) is 26.4. The van der Waals surface area contributed by atoms with Crippen LogP contribution in [0.5, 0.6) is 0 Å². The fourth-order valence-corrected chi connectivity index (χ4v) is 3.07. The SMILES string of the molecule is Cc1c(Cl)cccc1NC(=O)C(=O)NC[C@@H](c1cc2ccccc2o1)N(C)C. The number of nitrogens with one attached hydrogen (secondary N) is 2. The van der Waals surface area contributed by atoms with E-state index >= 15 is 0 Å². The maximum Gasteiger partial charge on any atom is 0.313 e. The molecule has 1 aromatic heterocycles. The Morgan fingerprint density at radius 1 is 1.11 bits per heavy atom. The summed E-state index contributed by atoms with van der Waals surface area (Å²) in [5, 5.41) is 6.78. The van der Waals surface area contributed by atoms with Crippen LogP contribution in [0.15, 0.2) is 52.9 Å². The third kappa shape index (κ3) is 4.35. The van der Waals surface area contributed by atoms with Gasteiger partial charge < -0.3 is 15.1 Å². The number of rotatable bonds is 5. The second-order valence-electron chi connectivity index (χ2n) is 6.74. The van der Waals surface area contributed by atoms with Crippen molar-refractivity contribution in [1.82, 2.24) is 10.2 Å². The molecule has 6 nitrogen and oxygen atoms in total. The van der Waals surface area contributed by atoms with Crippen molar-refractivity contribution in [2.24, 2.45) is 0 Å². The molecule has 0 aliphatic heterocycles. The largest absolute Gasteiger partial charge is 0.459 e. The lowest BCUT2D eigenvalue weighted by Gasteiger charge is -2.22. The highest BCUT2D eigenvalue weighted by atomic mass is 35.5. The van der Waals surface area contributed by atoms with Crippen molar-refractivity contribution < 1.29 is 14.0 Å². The van der Waals surface area contributed by atoms with Gasteiger partial charge in [-0.2, -0.15) is 0 Å². The first-order valence-electron chi connectivity index (χ1n) is 8.86. The fourth-order valence-electron chi connectivity index (χ4n) is 2.90. The predicted molar refractivity (Wildman–Crippen MR) is 110 cm³/mol. The average Bonchev–Trinajstić information content (AvgIpc) is 3.08. The maximum atomic E-state index is 12.3. The van der Waals surface area contributed by atoms with E-state index in [0.717, 1.165) is 16.7 Å². The molecule has 0 aliphatic rings. The minimum atomic E-state index is -0.743. The molecule has 146 valence electrons. The highest BCUT2D eigenvalue weighted by Gasteiger charge is 2.22. The molecule has 3 rings (SSSR count). The van der Waals surface area contributed by atoms with Crippen molar-refractivity contribution in [3.63, 3.8) is 0 Å². The minimum Gasteiger partial charge on any atom is -0.459 e. The molecule has 28 heavy (non-hydrogen) atoms. The van der Waals surface area contributed by atoms with Crippen LogP contribution in [0.4, 0.5) is 5.69 Å². The van der Waals surface area contributed by atoms with Gasteiger partial charge in [0.1, 0.15) is 11.3 Å². The van der Waals surface area contributed by atoms with Crippen LogP contribution in [0.25, 0.3) is 11.0 Å². The molecule has 1 heterocycles. The van der Waals surface area contributed by atoms with E-state index < -0.39 is 11.8 Å². The lowest BCUT2D eigenvalue weighted by molar-refractivity contribution is -0.136. The molecule has 0 saturated heterocycles. The summed E-state index contributed by atoms with van der Waals surface area (Å²) in [7, 11) is 3.78. The Morgan fingerprint density at radius 2 is 1.86 bits per heavy atom. The van der Waals surface area contributed by atoms with Crippen molar-refractivity contribution in [2.75, 3.05) is 26.0 Å². The molecule has 7 heteroatoms. The molecule has 0 radical (unpaired) electrons. The first kappa shape index (κ1) is 19.9. The summed E-state index contributed by atoms with van der Waals surface area (Å²) in [6.45, 7) is 2.01. The van der Waals surface area contributed by atoms with Crippen molar-refractivity contribution in [3.05, 3.63) is 64.9 Å². The number of anilines is 1. The molecule has 0 saturated carbocycles. The summed E-state index contributed by atoms with van der Waals surface area (Å²) >= 11 is 6.05. The lowest BCUT2D eigenvalue weighted by atomic mass is 10.1. The summed E-state index contributed by atoms with van der Waals surface area (Å²) < 4.78 is 5.90. The van der Waals surface area contributed by atoms with Crippen molar-refractivity contribution in [2.45, 2.75) is 13.0 Å². The standard InChI is InChI=1S/C21H22ClN3O3/c1-13-15(22)8-6-9-16(13)24-21(27)20(26)23-12-17(25(2)3)19-11-14-7-4-5-10-18(14)28-19/h4-11,17H,12H2,1-3H3,(H,23,26)(H,24,27)/t17-/m0/s1. The molecule has 0 spiro atoms. The van der Waals surface area contributed by atoms with Crippen LogP contribution in [0.2, 0.25) is 5.02 Å². The van der Waals surface area contributed by atoms with Crippen LogP contribution in [-0.4, -0.2) is 37.4 Å². The van der Waals surface area contributed by atoms with Crippen LogP contribution in [-0.2, 0) is 9.59 Å². The second kappa shape index (κ2) is 8.46. The molecule has 2 aromatic carbocycles. The van der Waals surface area contributed by atoms with Crippen LogP contribution >= 0.6 is 11.6 Å². The zero-order valence-corrected chi connectivity index (χ0v) is 16.7. The highest BCUT2D eigenvalue weighted by molar-refractivity contribution is 6.40. The number of para-hydroxylation sites is 1. The predicted octanol–water partition coefficient (Wildman–Crippen LogP) is 3.75. The van der Waals surface area contributed by atoms with E-state index in [0.29, 0.717) is 16.3 Å². The minimum absolute atomic E-state index is 0.211. The fraction of sp³-hybridized carbons (Fsp3) is 0.238. The molecule has 0 bridgehead atoms. The third-order valence-corrected chi connectivity index (χ3v) is 4.98. The molecule has 0 fully saturated rings. The zero-order valence-electron chi connectivity index (χ0n) is 16.0. The number of benzene rings is 2. The van der Waals surface area contributed by atoms with Crippen LogP contribution in [0, 0.1) is 6.92 Å². The average molecular weight is 400 g/mol. The van der Waals surface area contributed by atoms with Crippen molar-refractivity contribution >= 4 is 40.1 Å². The van der Waals surface area contributed by atoms with Gasteiger partial charge in [0.15, 0.2) is 0 Å². The topological polar surface area (TPSA) is 74.6 Å². The molecule has 2 N–H and O–H groups in total. The number of furan rings is 1. The monoisotopic (exact) mass is 399 g/mol. The van der Waals surface area contributed by atoms with Crippen LogP contribution in [0.3, 0.4) is 0 Å². The maximum absolute atomic E-state index is 12.3. The molecule has 3 aromatic rings. The van der Waals surface area contributed by atoms with Gasteiger partial charge in [-0.05, 0) is 50.8 Å². The zero-order chi connectivity index (χ0) is 20.3. The Morgan fingerprint density at radius 3 is 2.57 bits per heavy atom. The Bertz CT molecular complexity index is 980. The molecular formula is C21H22ClN3O3. The number of fused-ring (bicyclic) bond motifs is 1. The Labute approximate surface area is 168 Å². The van der Waals surface area contributed by atoms with Gasteiger partial charge in [-0.25, -0.2) is 0 Å². The first-order chi connectivity index (χ1) is 13.4. The summed E-state index contributed by atoms with van der Waals surface area (Å²) in [5.41, 5.74) is 2.00. The number of nitrogens with zero attached hydrogens (tertiary/aromatic N) is 1. The van der Waals surface area contributed by atoms with E-state index in [9.17, 15) is 9.59 Å². The van der Waals surface area contributed by atoms with Gasteiger partial charge in [-0.1, -0.05) is 35.9 Å². The molecule has 0 aliphatic carbocycles. The number of carbonyl (C=O) groups excluding carboxylic acids is 2. The number of hydrogen-bond acceptors (Lipinski definition) is 4. The van der Waals surface area contributed by atoms with E-state index in [1.165, 1.54) is 0 Å². The number of hydrogen-bond donors (Lipinski definition) is 2. The van der Waals surface area contributed by atoms with E-state index in [1.54, 1.807) is 25.1 Å². The molecule has 1 atom stereocenters. The molecular weight excluding hydrogens is 378 g/mol. The smallest absolute Gasteiger partial charge is 0.313 e. The first-order valence-corrected chi connectivity index (χ1v) is 9.24. The van der Waals surface area contributed by atoms with Gasteiger partial charge in [0.2, 0.25) is 0 Å². The van der Waals surface area contributed by atoms with Gasteiger partial charge >= 0.3 is 11.8 Å².